The maximum Gasteiger partial charge on any atom is 0.107 e. The van der Waals surface area contributed by atoms with Crippen molar-refractivity contribution in [1.29, 1.82) is 0 Å². The van der Waals surface area contributed by atoms with Crippen molar-refractivity contribution in [2.75, 3.05) is 6.54 Å². The summed E-state index contributed by atoms with van der Waals surface area (Å²) >= 11 is 5.96. The number of benzene rings is 1. The zero-order valence-corrected chi connectivity index (χ0v) is 10.4. The summed E-state index contributed by atoms with van der Waals surface area (Å²) in [4.78, 5) is 7.94. The molecular weight excluding hydrogens is 234 g/mol. The number of rotatable bonds is 3. The van der Waals surface area contributed by atoms with Crippen LogP contribution in [0.1, 0.15) is 25.1 Å². The summed E-state index contributed by atoms with van der Waals surface area (Å²) in [5, 5.41) is 0.741. The molecule has 0 atom stereocenters. The lowest BCUT2D eigenvalue weighted by Gasteiger charge is -2.40. The molecule has 1 heterocycles. The molecule has 1 aromatic carbocycles. The minimum Gasteiger partial charge on any atom is -0.342 e. The molecule has 17 heavy (non-hydrogen) atoms. The normalized spacial score (nSPS) is 18.2. The van der Waals surface area contributed by atoms with Gasteiger partial charge in [0, 0.05) is 11.4 Å². The smallest absolute Gasteiger partial charge is 0.107 e. The van der Waals surface area contributed by atoms with Crippen molar-refractivity contribution >= 4 is 22.6 Å². The monoisotopic (exact) mass is 249 g/mol. The molecule has 0 saturated heterocycles. The summed E-state index contributed by atoms with van der Waals surface area (Å²) in [6, 6.07) is 5.74. The summed E-state index contributed by atoms with van der Waals surface area (Å²) in [6.07, 6.45) is 4.70. The molecule has 2 aromatic rings. The highest BCUT2D eigenvalue weighted by Gasteiger charge is 2.36. The minimum atomic E-state index is 0.289. The van der Waals surface area contributed by atoms with Crippen molar-refractivity contribution in [3.63, 3.8) is 0 Å². The zero-order chi connectivity index (χ0) is 11.9. The van der Waals surface area contributed by atoms with E-state index in [0.29, 0.717) is 0 Å². The molecule has 0 unspecified atom stereocenters. The van der Waals surface area contributed by atoms with Crippen molar-refractivity contribution in [2.45, 2.75) is 25.7 Å². The van der Waals surface area contributed by atoms with Crippen LogP contribution in [-0.2, 0) is 6.42 Å². The molecule has 1 saturated carbocycles. The molecule has 0 aliphatic heterocycles. The molecule has 1 aliphatic rings. The average Bonchev–Trinajstić information content (AvgIpc) is 2.65. The lowest BCUT2D eigenvalue weighted by atomic mass is 9.66. The molecule has 3 rings (SSSR count). The summed E-state index contributed by atoms with van der Waals surface area (Å²) < 4.78 is 0. The molecule has 1 aliphatic carbocycles. The van der Waals surface area contributed by atoms with Crippen molar-refractivity contribution in [1.82, 2.24) is 9.97 Å². The maximum absolute atomic E-state index is 5.96. The predicted molar refractivity (Wildman–Crippen MR) is 70.1 cm³/mol. The van der Waals surface area contributed by atoms with E-state index in [4.69, 9.17) is 17.3 Å². The first-order chi connectivity index (χ1) is 8.21. The molecule has 0 bridgehead atoms. The van der Waals surface area contributed by atoms with E-state index < -0.39 is 0 Å². The quantitative estimate of drug-likeness (QED) is 0.879. The van der Waals surface area contributed by atoms with Gasteiger partial charge in [-0.2, -0.15) is 0 Å². The molecule has 0 spiro atoms. The topological polar surface area (TPSA) is 54.7 Å². The number of H-pyrrole nitrogens is 1. The Morgan fingerprint density at radius 3 is 2.88 bits per heavy atom. The molecule has 1 fully saturated rings. The maximum atomic E-state index is 5.96. The average molecular weight is 250 g/mol. The van der Waals surface area contributed by atoms with Crippen LogP contribution in [0.4, 0.5) is 0 Å². The van der Waals surface area contributed by atoms with Crippen LogP contribution in [0.15, 0.2) is 18.2 Å². The first-order valence-electron chi connectivity index (χ1n) is 6.05. The van der Waals surface area contributed by atoms with E-state index >= 15 is 0 Å². The Bertz CT molecular complexity index is 537. The van der Waals surface area contributed by atoms with Crippen LogP contribution in [0.25, 0.3) is 11.0 Å². The third kappa shape index (κ3) is 1.94. The van der Waals surface area contributed by atoms with E-state index in [2.05, 4.69) is 9.97 Å². The van der Waals surface area contributed by atoms with Gasteiger partial charge in [-0.15, -0.1) is 0 Å². The number of halogens is 1. The van der Waals surface area contributed by atoms with Gasteiger partial charge in [0.2, 0.25) is 0 Å². The van der Waals surface area contributed by atoms with Gasteiger partial charge >= 0.3 is 0 Å². The standard InChI is InChI=1S/C13H16ClN3/c14-9-2-3-10-11(6-9)17-12(16-10)7-13(8-15)4-1-5-13/h2-3,6H,1,4-5,7-8,15H2,(H,16,17). The molecule has 4 heteroatoms. The fourth-order valence-electron chi connectivity index (χ4n) is 2.60. The van der Waals surface area contributed by atoms with E-state index in [1.807, 2.05) is 18.2 Å². The fourth-order valence-corrected chi connectivity index (χ4v) is 2.78. The number of imidazole rings is 1. The van der Waals surface area contributed by atoms with Crippen molar-refractivity contribution in [3.05, 3.63) is 29.0 Å². The first kappa shape index (κ1) is 11.1. The molecule has 0 amide bonds. The number of hydrogen-bond acceptors (Lipinski definition) is 2. The molecular formula is C13H16ClN3. The number of nitrogens with zero attached hydrogens (tertiary/aromatic N) is 1. The Morgan fingerprint density at radius 2 is 2.24 bits per heavy atom. The van der Waals surface area contributed by atoms with Gasteiger partial charge in [0.1, 0.15) is 5.82 Å². The van der Waals surface area contributed by atoms with Crippen LogP contribution in [0, 0.1) is 5.41 Å². The second kappa shape index (κ2) is 4.00. The van der Waals surface area contributed by atoms with E-state index in [0.717, 1.165) is 34.8 Å². The molecule has 3 nitrogen and oxygen atoms in total. The van der Waals surface area contributed by atoms with Crippen LogP contribution in [0.3, 0.4) is 0 Å². The second-order valence-corrected chi connectivity index (χ2v) is 5.52. The SMILES string of the molecule is NCC1(Cc2nc3ccc(Cl)cc3[nH]2)CCC1. The molecule has 1 aromatic heterocycles. The summed E-state index contributed by atoms with van der Waals surface area (Å²) in [6.45, 7) is 0.755. The highest BCUT2D eigenvalue weighted by atomic mass is 35.5. The number of fused-ring (bicyclic) bond motifs is 1. The molecule has 3 N–H and O–H groups in total. The number of aromatic amines is 1. The van der Waals surface area contributed by atoms with Gasteiger partial charge in [0.25, 0.3) is 0 Å². The Hall–Kier alpha value is -1.06. The Labute approximate surface area is 105 Å². The molecule has 0 radical (unpaired) electrons. The van der Waals surface area contributed by atoms with E-state index in [9.17, 15) is 0 Å². The van der Waals surface area contributed by atoms with Crippen LogP contribution in [0.5, 0.6) is 0 Å². The van der Waals surface area contributed by atoms with Crippen molar-refractivity contribution in [3.8, 4) is 0 Å². The number of aromatic nitrogens is 2. The van der Waals surface area contributed by atoms with Crippen LogP contribution in [-0.4, -0.2) is 16.5 Å². The van der Waals surface area contributed by atoms with E-state index in [1.165, 1.54) is 19.3 Å². The minimum absolute atomic E-state index is 0.289. The third-order valence-electron chi connectivity index (χ3n) is 3.88. The van der Waals surface area contributed by atoms with Gasteiger partial charge in [0.05, 0.1) is 11.0 Å². The van der Waals surface area contributed by atoms with Crippen molar-refractivity contribution < 1.29 is 0 Å². The Kier molecular flexibility index (Phi) is 2.60. The van der Waals surface area contributed by atoms with Gasteiger partial charge in [-0.3, -0.25) is 0 Å². The second-order valence-electron chi connectivity index (χ2n) is 5.08. The van der Waals surface area contributed by atoms with Crippen LogP contribution in [0.2, 0.25) is 5.02 Å². The van der Waals surface area contributed by atoms with Gasteiger partial charge in [-0.05, 0) is 43.0 Å². The number of hydrogen-bond donors (Lipinski definition) is 2. The fraction of sp³-hybridized carbons (Fsp3) is 0.462. The summed E-state index contributed by atoms with van der Waals surface area (Å²) in [7, 11) is 0. The van der Waals surface area contributed by atoms with E-state index in [1.54, 1.807) is 0 Å². The van der Waals surface area contributed by atoms with E-state index in [-0.39, 0.29) is 5.41 Å². The highest BCUT2D eigenvalue weighted by Crippen LogP contribution is 2.42. The number of nitrogens with one attached hydrogen (secondary N) is 1. The summed E-state index contributed by atoms with van der Waals surface area (Å²) in [5.41, 5.74) is 8.16. The van der Waals surface area contributed by atoms with Gasteiger partial charge in [0.15, 0.2) is 0 Å². The Balaban J connectivity index is 1.90. The predicted octanol–water partition coefficient (Wildman–Crippen LogP) is 2.89. The largest absolute Gasteiger partial charge is 0.342 e. The van der Waals surface area contributed by atoms with Gasteiger partial charge < -0.3 is 10.7 Å². The third-order valence-corrected chi connectivity index (χ3v) is 4.12. The van der Waals surface area contributed by atoms with Gasteiger partial charge in [-0.25, -0.2) is 4.98 Å². The van der Waals surface area contributed by atoms with Gasteiger partial charge in [-0.1, -0.05) is 18.0 Å². The summed E-state index contributed by atoms with van der Waals surface area (Å²) in [5.74, 6) is 1.03. The lowest BCUT2D eigenvalue weighted by Crippen LogP contribution is -2.39. The van der Waals surface area contributed by atoms with Crippen molar-refractivity contribution in [2.24, 2.45) is 11.1 Å². The molecule has 90 valence electrons. The Morgan fingerprint density at radius 1 is 1.41 bits per heavy atom. The zero-order valence-electron chi connectivity index (χ0n) is 9.67. The first-order valence-corrected chi connectivity index (χ1v) is 6.43. The number of nitrogens with two attached hydrogens (primary N) is 1. The van der Waals surface area contributed by atoms with Crippen LogP contribution < -0.4 is 5.73 Å². The highest BCUT2D eigenvalue weighted by molar-refractivity contribution is 6.31. The lowest BCUT2D eigenvalue weighted by molar-refractivity contribution is 0.142. The van der Waals surface area contributed by atoms with Crippen LogP contribution >= 0.6 is 11.6 Å².